The van der Waals surface area contributed by atoms with Crippen LogP contribution >= 0.6 is 11.8 Å². The van der Waals surface area contributed by atoms with E-state index in [4.69, 9.17) is 4.74 Å². The van der Waals surface area contributed by atoms with Crippen LogP contribution in [-0.2, 0) is 41.6 Å². The third-order valence-corrected chi connectivity index (χ3v) is 18.3. The molecule has 2 amide bonds. The van der Waals surface area contributed by atoms with Crippen molar-refractivity contribution in [2.75, 3.05) is 26.0 Å². The number of hydrogen-bond acceptors (Lipinski definition) is 13. The van der Waals surface area contributed by atoms with E-state index in [0.29, 0.717) is 24.5 Å². The third kappa shape index (κ3) is 9.92. The quantitative estimate of drug-likeness (QED) is 0.0484. The number of thioether (sulfide) groups is 1. The molecular weight excluding hydrogens is 925 g/mol. The van der Waals surface area contributed by atoms with Gasteiger partial charge in [0.05, 0.1) is 5.25 Å². The van der Waals surface area contributed by atoms with Crippen molar-refractivity contribution in [3.8, 4) is 11.8 Å². The largest absolute Gasteiger partial charge is 0.478 e. The molecule has 1 aromatic carbocycles. The number of ether oxygens (including phenoxy) is 1. The second-order valence-electron chi connectivity index (χ2n) is 21.1. The lowest BCUT2D eigenvalue weighted by Gasteiger charge is -2.48. The molecule has 9 N–H and O–H groups in total. The summed E-state index contributed by atoms with van der Waals surface area (Å²) in [4.78, 5) is 71.9. The molecule has 1 saturated heterocycles. The van der Waals surface area contributed by atoms with Crippen LogP contribution in [-0.4, -0.2) is 110 Å². The highest BCUT2D eigenvalue weighted by atomic mass is 32.2. The summed E-state index contributed by atoms with van der Waals surface area (Å²) in [5, 5.41) is 54.2. The van der Waals surface area contributed by atoms with Gasteiger partial charge in [0.15, 0.2) is 5.41 Å². The van der Waals surface area contributed by atoms with Gasteiger partial charge < -0.3 is 46.4 Å². The van der Waals surface area contributed by atoms with Crippen LogP contribution in [0.2, 0.25) is 0 Å². The molecule has 380 valence electrons. The number of carboxylic acids is 2. The number of carbonyl (C=O) groups excluding carboxylic acids is 3. The van der Waals surface area contributed by atoms with Gasteiger partial charge in [-0.3, -0.25) is 19.9 Å². The fourth-order valence-electron chi connectivity index (χ4n) is 13.6. The monoisotopic (exact) mass is 992 g/mol. The van der Waals surface area contributed by atoms with Gasteiger partial charge in [-0.25, -0.2) is 14.4 Å². The Balaban J connectivity index is 1.19. The average Bonchev–Trinajstić information content (AvgIpc) is 4.00. The average molecular weight is 993 g/mol. The van der Waals surface area contributed by atoms with Crippen molar-refractivity contribution in [1.29, 1.82) is 0 Å². The van der Waals surface area contributed by atoms with Gasteiger partial charge in [0.25, 0.3) is 0 Å². The molecule has 17 heteroatoms. The molecule has 5 aliphatic carbocycles. The van der Waals surface area contributed by atoms with Crippen LogP contribution in [0.4, 0.5) is 0 Å². The maximum atomic E-state index is 16.0. The molecule has 9 atom stereocenters. The van der Waals surface area contributed by atoms with Crippen molar-refractivity contribution in [3.05, 3.63) is 88.0 Å². The molecule has 1 aromatic heterocycles. The highest BCUT2D eigenvalue weighted by Crippen LogP contribution is 2.66. The number of aliphatic hydroxyl groups is 2. The fraction of sp³-hybridized carbons (Fsp3) is 0.593. The minimum atomic E-state index is -2.47. The van der Waals surface area contributed by atoms with Gasteiger partial charge in [-0.2, -0.15) is 0 Å². The van der Waals surface area contributed by atoms with Gasteiger partial charge in [0.2, 0.25) is 23.8 Å². The van der Waals surface area contributed by atoms with Gasteiger partial charge >= 0.3 is 17.9 Å². The van der Waals surface area contributed by atoms with Crippen molar-refractivity contribution in [2.45, 2.75) is 150 Å². The zero-order chi connectivity index (χ0) is 50.0. The van der Waals surface area contributed by atoms with E-state index in [0.717, 1.165) is 113 Å². The molecule has 2 aromatic rings. The van der Waals surface area contributed by atoms with E-state index in [1.807, 2.05) is 12.4 Å². The van der Waals surface area contributed by atoms with Gasteiger partial charge in [-0.15, -0.1) is 11.8 Å². The minimum absolute atomic E-state index is 0.0751. The topological polar surface area (TPSA) is 249 Å². The molecular formula is C54H68N6O10S. The number of aromatic nitrogens is 1. The number of amides is 2. The van der Waals surface area contributed by atoms with E-state index < -0.39 is 70.8 Å². The first kappa shape index (κ1) is 50.8. The van der Waals surface area contributed by atoms with Gasteiger partial charge in [0, 0.05) is 55.2 Å². The smallest absolute Gasteiger partial charge is 0.353 e. The number of nitrogens with one attached hydrogen (secondary N) is 5. The molecule has 0 radical (unpaired) electrons. The lowest BCUT2D eigenvalue weighted by Crippen LogP contribution is -2.56. The number of allylic oxidation sites excluding steroid dienone is 1. The van der Waals surface area contributed by atoms with Crippen LogP contribution in [0.5, 0.6) is 0 Å². The Bertz CT molecular complexity index is 2520. The molecule has 2 aliphatic heterocycles. The number of rotatable bonds is 16. The highest BCUT2D eigenvalue weighted by molar-refractivity contribution is 8.00. The minimum Gasteiger partial charge on any atom is -0.478 e. The molecule has 9 unspecified atom stereocenters. The first-order chi connectivity index (χ1) is 34.2. The number of pyridine rings is 1. The highest BCUT2D eigenvalue weighted by Gasteiger charge is 2.66. The van der Waals surface area contributed by atoms with Crippen LogP contribution in [0, 0.1) is 34.5 Å². The van der Waals surface area contributed by atoms with Crippen molar-refractivity contribution >= 4 is 41.5 Å². The second-order valence-corrected chi connectivity index (χ2v) is 22.2. The van der Waals surface area contributed by atoms with E-state index in [1.54, 1.807) is 7.05 Å². The number of fused-ring (bicyclic) bond motifs is 5. The summed E-state index contributed by atoms with van der Waals surface area (Å²) in [7, 11) is 1.55. The van der Waals surface area contributed by atoms with Crippen LogP contribution in [0.1, 0.15) is 125 Å². The zero-order valence-corrected chi connectivity index (χ0v) is 41.3. The zero-order valence-electron chi connectivity index (χ0n) is 40.5. The molecule has 3 bridgehead atoms. The molecule has 71 heavy (non-hydrogen) atoms. The summed E-state index contributed by atoms with van der Waals surface area (Å²) in [5.41, 5.74) is 2.05. The Morgan fingerprint density at radius 2 is 1.75 bits per heavy atom. The SMILES string of the molecule is CNCNC(O)(CCC(=O)NC(CSC1C2=C3C(CCCCCC14CCCC4)CC(Cc1ccncc1)=C1C45CC(CCCN4)C(C5)c4ccccc4CC#CC31C(=O)O2)C(=O)NC(O)C(=O)O)C(=O)O. The Hall–Kier alpha value is -5.09. The van der Waals surface area contributed by atoms with E-state index >= 15 is 4.79 Å². The predicted molar refractivity (Wildman–Crippen MR) is 265 cm³/mol. The van der Waals surface area contributed by atoms with Crippen LogP contribution in [0.3, 0.4) is 0 Å². The number of aliphatic carboxylic acids is 2. The summed E-state index contributed by atoms with van der Waals surface area (Å²) >= 11 is 1.39. The number of nitrogens with zero attached hydrogens (tertiary/aromatic N) is 1. The lowest BCUT2D eigenvalue weighted by atomic mass is 9.55. The number of aliphatic hydroxyl groups excluding tert-OH is 1. The van der Waals surface area contributed by atoms with Gasteiger partial charge in [-0.05, 0) is 135 Å². The standard InChI is InChI=1S/C54H68N6O10S/c1-55-32-58-54(69,49(66)67)23-16-41(61)59-40(46(62)60-47(63)48(64)65)31-71-45-43-42-35(12-3-2-6-19-51(45)20-7-8-21-51)28-37(27-33-17-25-56-26-18-33)44-52-29-36(14-10-24-57-52)39(30-52)38-15-5-4-11-34(38)13-9-22-53(42,44)50(68)70-43/h4-5,11,15,17-18,25-26,35-36,39-40,45,47,55,57-58,63,69H,2-3,6-8,10,12-14,16,19-21,23-24,27-32H2,1H3,(H,59,61)(H,60,62)(H,64,65)(H,66,67). The molecule has 3 heterocycles. The Labute approximate surface area is 419 Å². The number of esters is 1. The van der Waals surface area contributed by atoms with Crippen LogP contribution in [0.15, 0.2) is 71.3 Å². The van der Waals surface area contributed by atoms with E-state index in [-0.39, 0.29) is 35.6 Å². The number of hydrogen-bond donors (Lipinski definition) is 9. The summed E-state index contributed by atoms with van der Waals surface area (Å²) < 4.78 is 7.02. The molecule has 9 rings (SSSR count). The van der Waals surface area contributed by atoms with E-state index in [2.05, 4.69) is 79.8 Å². The second kappa shape index (κ2) is 21.2. The Kier molecular flexibility index (Phi) is 15.2. The van der Waals surface area contributed by atoms with Crippen LogP contribution < -0.4 is 26.6 Å². The van der Waals surface area contributed by atoms with E-state index in [9.17, 15) is 39.6 Å². The maximum Gasteiger partial charge on any atom is 0.353 e. The fourth-order valence-corrected chi connectivity index (χ4v) is 15.3. The number of carboxylic acid groups (broad SMARTS) is 2. The van der Waals surface area contributed by atoms with Gasteiger partial charge in [0.1, 0.15) is 11.8 Å². The first-order valence-electron chi connectivity index (χ1n) is 25.6. The van der Waals surface area contributed by atoms with Crippen molar-refractivity contribution in [2.24, 2.45) is 22.7 Å². The Morgan fingerprint density at radius 1 is 0.986 bits per heavy atom. The van der Waals surface area contributed by atoms with Gasteiger partial charge in [-0.1, -0.05) is 73.8 Å². The summed E-state index contributed by atoms with van der Waals surface area (Å²) in [5.74, 6) is 3.04. The predicted octanol–water partition coefficient (Wildman–Crippen LogP) is 4.56. The summed E-state index contributed by atoms with van der Waals surface area (Å²) in [6.07, 6.45) is 14.1. The van der Waals surface area contributed by atoms with Crippen LogP contribution in [0.25, 0.3) is 0 Å². The molecule has 3 spiro atoms. The summed E-state index contributed by atoms with van der Waals surface area (Å²) in [6.45, 7) is 0.731. The molecule has 2 saturated carbocycles. The van der Waals surface area contributed by atoms with E-state index in [1.165, 1.54) is 28.5 Å². The third-order valence-electron chi connectivity index (χ3n) is 16.8. The lowest BCUT2D eigenvalue weighted by molar-refractivity contribution is -0.164. The maximum absolute atomic E-state index is 16.0. The number of benzene rings is 1. The molecule has 7 aliphatic rings. The van der Waals surface area contributed by atoms with Crippen molar-refractivity contribution < 1.29 is 49.1 Å². The molecule has 3 fully saturated rings. The Morgan fingerprint density at radius 3 is 2.49 bits per heavy atom. The van der Waals surface area contributed by atoms with Crippen molar-refractivity contribution in [1.82, 2.24) is 31.6 Å². The summed E-state index contributed by atoms with van der Waals surface area (Å²) in [6, 6.07) is 11.4. The van der Waals surface area contributed by atoms with Crippen molar-refractivity contribution in [3.63, 3.8) is 0 Å². The molecule has 16 nitrogen and oxygen atoms in total. The normalized spacial score (nSPS) is 29.1. The number of carbonyl (C=O) groups is 5. The first-order valence-corrected chi connectivity index (χ1v) is 26.7.